The maximum atomic E-state index is 6.32. The molecule has 0 aliphatic carbocycles. The van der Waals surface area contributed by atoms with E-state index in [0.29, 0.717) is 5.82 Å². The van der Waals surface area contributed by atoms with Crippen molar-refractivity contribution in [2.24, 2.45) is 0 Å². The lowest BCUT2D eigenvalue weighted by Gasteiger charge is -2.05. The number of halogens is 1. The second-order valence-electron chi connectivity index (χ2n) is 5.18. The standard InChI is InChI=1S/C16H16BrN3/c1-9-6-10(2)8-12(7-9)15-16(18)20-11(3)13(17)4-5-14(20)19-15/h4-8H,18H2,1-3H3. The molecule has 2 heterocycles. The number of aromatic nitrogens is 2. The number of aryl methyl sites for hydroxylation is 3. The van der Waals surface area contributed by atoms with E-state index in [1.54, 1.807) is 0 Å². The predicted octanol–water partition coefficient (Wildman–Crippen LogP) is 4.27. The third-order valence-electron chi connectivity index (χ3n) is 3.49. The lowest BCUT2D eigenvalue weighted by Crippen LogP contribution is -1.98. The van der Waals surface area contributed by atoms with Gasteiger partial charge in [0.05, 0.1) is 0 Å². The first kappa shape index (κ1) is 13.2. The number of anilines is 1. The number of fused-ring (bicyclic) bond motifs is 1. The van der Waals surface area contributed by atoms with Gasteiger partial charge < -0.3 is 5.73 Å². The highest BCUT2D eigenvalue weighted by Gasteiger charge is 2.14. The van der Waals surface area contributed by atoms with Gasteiger partial charge >= 0.3 is 0 Å². The zero-order valence-electron chi connectivity index (χ0n) is 11.7. The molecule has 4 heteroatoms. The average molecular weight is 330 g/mol. The van der Waals surface area contributed by atoms with Crippen molar-refractivity contribution in [3.8, 4) is 11.3 Å². The Morgan fingerprint density at radius 2 is 1.70 bits per heavy atom. The summed E-state index contributed by atoms with van der Waals surface area (Å²) < 4.78 is 3.01. The molecule has 0 saturated carbocycles. The molecule has 0 unspecified atom stereocenters. The van der Waals surface area contributed by atoms with Gasteiger partial charge in [-0.05, 0) is 61.0 Å². The van der Waals surface area contributed by atoms with Gasteiger partial charge in [-0.1, -0.05) is 17.2 Å². The fraction of sp³-hybridized carbons (Fsp3) is 0.188. The maximum Gasteiger partial charge on any atom is 0.139 e. The molecule has 2 N–H and O–H groups in total. The summed E-state index contributed by atoms with van der Waals surface area (Å²) in [4.78, 5) is 4.68. The summed E-state index contributed by atoms with van der Waals surface area (Å²) in [5.74, 6) is 0.684. The van der Waals surface area contributed by atoms with Crippen molar-refractivity contribution in [3.05, 3.63) is 51.6 Å². The number of benzene rings is 1. The van der Waals surface area contributed by atoms with Crippen LogP contribution in [0.3, 0.4) is 0 Å². The van der Waals surface area contributed by atoms with Crippen molar-refractivity contribution >= 4 is 27.4 Å². The number of rotatable bonds is 1. The van der Waals surface area contributed by atoms with Crippen LogP contribution in [0.4, 0.5) is 5.82 Å². The fourth-order valence-electron chi connectivity index (χ4n) is 2.61. The highest BCUT2D eigenvalue weighted by molar-refractivity contribution is 9.10. The molecule has 0 aliphatic heterocycles. The van der Waals surface area contributed by atoms with Crippen LogP contribution < -0.4 is 5.73 Å². The molecule has 20 heavy (non-hydrogen) atoms. The van der Waals surface area contributed by atoms with Gasteiger partial charge in [-0.2, -0.15) is 0 Å². The second kappa shape index (κ2) is 4.63. The van der Waals surface area contributed by atoms with Crippen LogP contribution in [-0.2, 0) is 0 Å². The Morgan fingerprint density at radius 1 is 1.05 bits per heavy atom. The van der Waals surface area contributed by atoms with Crippen LogP contribution in [0.25, 0.3) is 16.9 Å². The smallest absolute Gasteiger partial charge is 0.139 e. The average Bonchev–Trinajstić information content (AvgIpc) is 2.71. The summed E-state index contributed by atoms with van der Waals surface area (Å²) in [6.07, 6.45) is 0. The molecule has 3 nitrogen and oxygen atoms in total. The maximum absolute atomic E-state index is 6.32. The van der Waals surface area contributed by atoms with Crippen molar-refractivity contribution in [1.82, 2.24) is 9.38 Å². The minimum absolute atomic E-state index is 0.684. The second-order valence-corrected chi connectivity index (χ2v) is 6.04. The van der Waals surface area contributed by atoms with Crippen LogP contribution in [0.15, 0.2) is 34.8 Å². The van der Waals surface area contributed by atoms with E-state index < -0.39 is 0 Å². The van der Waals surface area contributed by atoms with E-state index in [-0.39, 0.29) is 0 Å². The molecule has 0 amide bonds. The number of hydrogen-bond acceptors (Lipinski definition) is 2. The summed E-state index contributed by atoms with van der Waals surface area (Å²) in [7, 11) is 0. The molecule has 0 radical (unpaired) electrons. The molecule has 102 valence electrons. The van der Waals surface area contributed by atoms with Gasteiger partial charge in [0.15, 0.2) is 0 Å². The molecule has 0 saturated heterocycles. The first-order valence-corrected chi connectivity index (χ1v) is 7.28. The van der Waals surface area contributed by atoms with E-state index >= 15 is 0 Å². The van der Waals surface area contributed by atoms with Crippen molar-refractivity contribution in [3.63, 3.8) is 0 Å². The first-order valence-electron chi connectivity index (χ1n) is 6.49. The van der Waals surface area contributed by atoms with Crippen molar-refractivity contribution in [2.45, 2.75) is 20.8 Å². The van der Waals surface area contributed by atoms with E-state index in [0.717, 1.165) is 27.1 Å². The van der Waals surface area contributed by atoms with E-state index in [9.17, 15) is 0 Å². The molecular weight excluding hydrogens is 314 g/mol. The summed E-state index contributed by atoms with van der Waals surface area (Å²) in [5.41, 5.74) is 12.6. The van der Waals surface area contributed by atoms with Crippen LogP contribution in [0.1, 0.15) is 16.8 Å². The number of nitrogens with zero attached hydrogens (tertiary/aromatic N) is 2. The molecule has 0 fully saturated rings. The van der Waals surface area contributed by atoms with Crippen molar-refractivity contribution in [1.29, 1.82) is 0 Å². The molecule has 0 aliphatic rings. The minimum Gasteiger partial charge on any atom is -0.383 e. The Labute approximate surface area is 126 Å². The van der Waals surface area contributed by atoms with Gasteiger partial charge in [0.1, 0.15) is 17.2 Å². The van der Waals surface area contributed by atoms with Crippen molar-refractivity contribution in [2.75, 3.05) is 5.73 Å². The quantitative estimate of drug-likeness (QED) is 0.724. The molecule has 1 aromatic carbocycles. The van der Waals surface area contributed by atoms with E-state index in [4.69, 9.17) is 5.73 Å². The number of nitrogen functional groups attached to an aromatic ring is 1. The number of imidazole rings is 1. The van der Waals surface area contributed by atoms with Crippen molar-refractivity contribution < 1.29 is 0 Å². The van der Waals surface area contributed by atoms with Gasteiger partial charge in [0, 0.05) is 15.7 Å². The van der Waals surface area contributed by atoms with Crippen LogP contribution >= 0.6 is 15.9 Å². The van der Waals surface area contributed by atoms with E-state index in [1.165, 1.54) is 11.1 Å². The Kier molecular flexibility index (Phi) is 3.05. The monoisotopic (exact) mass is 329 g/mol. The molecule has 3 aromatic rings. The van der Waals surface area contributed by atoms with Gasteiger partial charge in [0.2, 0.25) is 0 Å². The Balaban J connectivity index is 2.32. The first-order chi connectivity index (χ1) is 9.47. The van der Waals surface area contributed by atoms with E-state index in [1.807, 2.05) is 23.5 Å². The van der Waals surface area contributed by atoms with Gasteiger partial charge in [0.25, 0.3) is 0 Å². The summed E-state index contributed by atoms with van der Waals surface area (Å²) in [6.45, 7) is 6.20. The molecule has 3 rings (SSSR count). The topological polar surface area (TPSA) is 43.3 Å². The lowest BCUT2D eigenvalue weighted by atomic mass is 10.1. The van der Waals surface area contributed by atoms with Gasteiger partial charge in [-0.3, -0.25) is 4.40 Å². The number of pyridine rings is 1. The third-order valence-corrected chi connectivity index (χ3v) is 4.33. The zero-order chi connectivity index (χ0) is 14.4. The van der Waals surface area contributed by atoms with Gasteiger partial charge in [-0.15, -0.1) is 0 Å². The third kappa shape index (κ3) is 2.00. The number of nitrogens with two attached hydrogens (primary N) is 1. The fourth-order valence-corrected chi connectivity index (χ4v) is 2.92. The van der Waals surface area contributed by atoms with Crippen LogP contribution in [0.2, 0.25) is 0 Å². The highest BCUT2D eigenvalue weighted by Crippen LogP contribution is 2.30. The normalized spacial score (nSPS) is 11.2. The molecular formula is C16H16BrN3. The molecule has 2 aromatic heterocycles. The van der Waals surface area contributed by atoms with Crippen LogP contribution in [0, 0.1) is 20.8 Å². The Bertz CT molecular complexity index is 798. The predicted molar refractivity (Wildman–Crippen MR) is 87.0 cm³/mol. The summed E-state index contributed by atoms with van der Waals surface area (Å²) >= 11 is 3.54. The molecule has 0 spiro atoms. The van der Waals surface area contributed by atoms with Crippen LogP contribution in [0.5, 0.6) is 0 Å². The summed E-state index contributed by atoms with van der Waals surface area (Å²) in [5, 5.41) is 0. The highest BCUT2D eigenvalue weighted by atomic mass is 79.9. The van der Waals surface area contributed by atoms with Gasteiger partial charge in [-0.25, -0.2) is 4.98 Å². The largest absolute Gasteiger partial charge is 0.383 e. The summed E-state index contributed by atoms with van der Waals surface area (Å²) in [6, 6.07) is 10.4. The minimum atomic E-state index is 0.684. The lowest BCUT2D eigenvalue weighted by molar-refractivity contribution is 1.09. The Morgan fingerprint density at radius 3 is 2.35 bits per heavy atom. The zero-order valence-corrected chi connectivity index (χ0v) is 13.3. The molecule has 0 atom stereocenters. The number of hydrogen-bond donors (Lipinski definition) is 1. The van der Waals surface area contributed by atoms with E-state index in [2.05, 4.69) is 53.0 Å². The van der Waals surface area contributed by atoms with Crippen LogP contribution in [-0.4, -0.2) is 9.38 Å². The molecule has 0 bridgehead atoms. The Hall–Kier alpha value is -1.81. The SMILES string of the molecule is Cc1cc(C)cc(-c2nc3ccc(Br)c(C)n3c2N)c1.